The van der Waals surface area contributed by atoms with Crippen LogP contribution in [0.25, 0.3) is 22.6 Å². The standard InChI is InChI=1S/C23H21N3O3/c1-3-19(15-9-11-24-12-10-15)25-22(27)16-7-8-20-21(14-16)29-23(26-20)17-5-4-6-18(13-17)28-2/h4-14,19H,3H2,1-2H3,(H,25,27). The molecule has 4 rings (SSSR count). The number of hydrogen-bond donors (Lipinski definition) is 1. The minimum absolute atomic E-state index is 0.0803. The van der Waals surface area contributed by atoms with Crippen LogP contribution in [0, 0.1) is 0 Å². The molecule has 0 aliphatic heterocycles. The summed E-state index contributed by atoms with van der Waals surface area (Å²) in [6.07, 6.45) is 4.23. The van der Waals surface area contributed by atoms with Gasteiger partial charge < -0.3 is 14.5 Å². The molecule has 6 nitrogen and oxygen atoms in total. The van der Waals surface area contributed by atoms with E-state index in [-0.39, 0.29) is 11.9 Å². The quantitative estimate of drug-likeness (QED) is 0.515. The van der Waals surface area contributed by atoms with E-state index in [1.807, 2.05) is 43.3 Å². The van der Waals surface area contributed by atoms with Gasteiger partial charge in [0.15, 0.2) is 5.58 Å². The molecule has 0 spiro atoms. The molecule has 1 atom stereocenters. The van der Waals surface area contributed by atoms with E-state index in [9.17, 15) is 4.79 Å². The molecule has 0 bridgehead atoms. The van der Waals surface area contributed by atoms with Gasteiger partial charge in [-0.25, -0.2) is 4.98 Å². The van der Waals surface area contributed by atoms with Crippen molar-refractivity contribution in [1.82, 2.24) is 15.3 Å². The van der Waals surface area contributed by atoms with Gasteiger partial charge in [0.2, 0.25) is 5.89 Å². The van der Waals surface area contributed by atoms with Crippen LogP contribution in [0.1, 0.15) is 35.3 Å². The molecule has 29 heavy (non-hydrogen) atoms. The molecule has 2 heterocycles. The van der Waals surface area contributed by atoms with Gasteiger partial charge in [-0.05, 0) is 60.5 Å². The Labute approximate surface area is 168 Å². The van der Waals surface area contributed by atoms with Gasteiger partial charge in [-0.2, -0.15) is 0 Å². The van der Waals surface area contributed by atoms with Crippen LogP contribution >= 0.6 is 0 Å². The molecule has 6 heteroatoms. The first-order chi connectivity index (χ1) is 14.2. The normalized spacial score (nSPS) is 11.9. The molecule has 0 radical (unpaired) electrons. The number of benzene rings is 2. The van der Waals surface area contributed by atoms with E-state index in [1.54, 1.807) is 37.7 Å². The summed E-state index contributed by atoms with van der Waals surface area (Å²) < 4.78 is 11.2. The minimum Gasteiger partial charge on any atom is -0.497 e. The average Bonchev–Trinajstić information content (AvgIpc) is 3.21. The zero-order valence-electron chi connectivity index (χ0n) is 16.3. The highest BCUT2D eigenvalue weighted by Gasteiger charge is 2.16. The number of ether oxygens (including phenoxy) is 1. The van der Waals surface area contributed by atoms with E-state index in [1.165, 1.54) is 0 Å². The molecular formula is C23H21N3O3. The van der Waals surface area contributed by atoms with Gasteiger partial charge in [0.05, 0.1) is 13.2 Å². The predicted molar refractivity (Wildman–Crippen MR) is 111 cm³/mol. The second-order valence-corrected chi connectivity index (χ2v) is 6.65. The van der Waals surface area contributed by atoms with Crippen molar-refractivity contribution in [3.8, 4) is 17.2 Å². The minimum atomic E-state index is -0.158. The first-order valence-corrected chi connectivity index (χ1v) is 9.43. The molecule has 146 valence electrons. The van der Waals surface area contributed by atoms with Crippen LogP contribution in [0.5, 0.6) is 5.75 Å². The van der Waals surface area contributed by atoms with Gasteiger partial charge in [-0.1, -0.05) is 13.0 Å². The summed E-state index contributed by atoms with van der Waals surface area (Å²) in [5.41, 5.74) is 3.62. The smallest absolute Gasteiger partial charge is 0.251 e. The van der Waals surface area contributed by atoms with E-state index in [0.29, 0.717) is 22.6 Å². The number of fused-ring (bicyclic) bond motifs is 1. The maximum Gasteiger partial charge on any atom is 0.251 e. The number of carbonyl (C=O) groups excluding carboxylic acids is 1. The Morgan fingerprint density at radius 3 is 2.72 bits per heavy atom. The largest absolute Gasteiger partial charge is 0.497 e. The number of oxazole rings is 1. The molecule has 1 amide bonds. The highest BCUT2D eigenvalue weighted by Crippen LogP contribution is 2.27. The van der Waals surface area contributed by atoms with Crippen LogP contribution in [0.2, 0.25) is 0 Å². The molecule has 0 saturated carbocycles. The Hall–Kier alpha value is -3.67. The topological polar surface area (TPSA) is 77.2 Å². The first kappa shape index (κ1) is 18.7. The number of rotatable bonds is 6. The maximum atomic E-state index is 12.8. The van der Waals surface area contributed by atoms with Gasteiger partial charge in [-0.15, -0.1) is 0 Å². The fourth-order valence-electron chi connectivity index (χ4n) is 3.20. The van der Waals surface area contributed by atoms with Crippen molar-refractivity contribution < 1.29 is 13.9 Å². The number of pyridine rings is 1. The summed E-state index contributed by atoms with van der Waals surface area (Å²) in [4.78, 5) is 21.3. The number of methoxy groups -OCH3 is 1. The van der Waals surface area contributed by atoms with Gasteiger partial charge in [0.25, 0.3) is 5.91 Å². The van der Waals surface area contributed by atoms with E-state index in [4.69, 9.17) is 9.15 Å². The Morgan fingerprint density at radius 1 is 1.14 bits per heavy atom. The van der Waals surface area contributed by atoms with Crippen LogP contribution in [0.15, 0.2) is 71.4 Å². The molecule has 1 unspecified atom stereocenters. The van der Waals surface area contributed by atoms with Gasteiger partial charge in [-0.3, -0.25) is 9.78 Å². The fraction of sp³-hybridized carbons (Fsp3) is 0.174. The number of aromatic nitrogens is 2. The van der Waals surface area contributed by atoms with E-state index in [2.05, 4.69) is 15.3 Å². The van der Waals surface area contributed by atoms with E-state index in [0.717, 1.165) is 23.3 Å². The Bertz CT molecular complexity index is 1140. The lowest BCUT2D eigenvalue weighted by molar-refractivity contribution is 0.0935. The highest BCUT2D eigenvalue weighted by atomic mass is 16.5. The molecular weight excluding hydrogens is 366 g/mol. The third-order valence-electron chi connectivity index (χ3n) is 4.79. The molecule has 2 aromatic heterocycles. The molecule has 4 aromatic rings. The summed E-state index contributed by atoms with van der Waals surface area (Å²) in [5.74, 6) is 1.06. The first-order valence-electron chi connectivity index (χ1n) is 9.43. The molecule has 1 N–H and O–H groups in total. The average molecular weight is 387 g/mol. The Kier molecular flexibility index (Phi) is 5.24. The number of amides is 1. The number of hydrogen-bond acceptors (Lipinski definition) is 5. The summed E-state index contributed by atoms with van der Waals surface area (Å²) in [7, 11) is 1.62. The summed E-state index contributed by atoms with van der Waals surface area (Å²) in [5, 5.41) is 3.07. The monoisotopic (exact) mass is 387 g/mol. The third-order valence-corrected chi connectivity index (χ3v) is 4.79. The van der Waals surface area contributed by atoms with E-state index >= 15 is 0 Å². The van der Waals surface area contributed by atoms with Crippen molar-refractivity contribution in [3.05, 3.63) is 78.1 Å². The lowest BCUT2D eigenvalue weighted by Crippen LogP contribution is -2.28. The number of nitrogens with one attached hydrogen (secondary N) is 1. The molecule has 0 aliphatic carbocycles. The van der Waals surface area contributed by atoms with E-state index < -0.39 is 0 Å². The number of nitrogens with zero attached hydrogens (tertiary/aromatic N) is 2. The maximum absolute atomic E-state index is 12.8. The van der Waals surface area contributed by atoms with Crippen LogP contribution in [-0.4, -0.2) is 23.0 Å². The van der Waals surface area contributed by atoms with Crippen molar-refractivity contribution in [2.45, 2.75) is 19.4 Å². The fourth-order valence-corrected chi connectivity index (χ4v) is 3.20. The third kappa shape index (κ3) is 3.96. The Balaban J connectivity index is 1.59. The van der Waals surface area contributed by atoms with Crippen molar-refractivity contribution in [1.29, 1.82) is 0 Å². The van der Waals surface area contributed by atoms with Crippen molar-refractivity contribution >= 4 is 17.0 Å². The predicted octanol–water partition coefficient (Wildman–Crippen LogP) is 4.78. The van der Waals surface area contributed by atoms with Crippen LogP contribution in [-0.2, 0) is 0 Å². The molecule has 0 fully saturated rings. The van der Waals surface area contributed by atoms with Crippen molar-refractivity contribution in [2.75, 3.05) is 7.11 Å². The van der Waals surface area contributed by atoms with Gasteiger partial charge in [0, 0.05) is 23.5 Å². The van der Waals surface area contributed by atoms with Gasteiger partial charge in [0.1, 0.15) is 11.3 Å². The second kappa shape index (κ2) is 8.14. The lowest BCUT2D eigenvalue weighted by Gasteiger charge is -2.17. The summed E-state index contributed by atoms with van der Waals surface area (Å²) in [6.45, 7) is 2.03. The second-order valence-electron chi connectivity index (χ2n) is 6.65. The lowest BCUT2D eigenvalue weighted by atomic mass is 10.1. The van der Waals surface area contributed by atoms with Crippen molar-refractivity contribution in [2.24, 2.45) is 0 Å². The van der Waals surface area contributed by atoms with Gasteiger partial charge >= 0.3 is 0 Å². The zero-order chi connectivity index (χ0) is 20.2. The SMILES string of the molecule is CCC(NC(=O)c1ccc2nc(-c3cccc(OC)c3)oc2c1)c1ccncc1. The highest BCUT2D eigenvalue weighted by molar-refractivity contribution is 5.97. The van der Waals surface area contributed by atoms with Crippen LogP contribution < -0.4 is 10.1 Å². The Morgan fingerprint density at radius 2 is 1.97 bits per heavy atom. The number of carbonyl (C=O) groups is 1. The molecule has 0 aliphatic rings. The van der Waals surface area contributed by atoms with Crippen LogP contribution in [0.3, 0.4) is 0 Å². The van der Waals surface area contributed by atoms with Crippen molar-refractivity contribution in [3.63, 3.8) is 0 Å². The zero-order valence-corrected chi connectivity index (χ0v) is 16.3. The summed E-state index contributed by atoms with van der Waals surface area (Å²) >= 11 is 0. The summed E-state index contributed by atoms with van der Waals surface area (Å²) in [6, 6.07) is 16.5. The van der Waals surface area contributed by atoms with Crippen LogP contribution in [0.4, 0.5) is 0 Å². The molecule has 2 aromatic carbocycles. The molecule has 0 saturated heterocycles.